The van der Waals surface area contributed by atoms with Crippen molar-refractivity contribution in [1.29, 1.82) is 0 Å². The number of hydrogen-bond acceptors (Lipinski definition) is 3. The van der Waals surface area contributed by atoms with Crippen LogP contribution in [0.1, 0.15) is 77.6 Å². The number of hydrogen-bond donors (Lipinski definition) is 1. The van der Waals surface area contributed by atoms with Gasteiger partial charge in [0.1, 0.15) is 0 Å². The van der Waals surface area contributed by atoms with Gasteiger partial charge in [-0.2, -0.15) is 0 Å². The van der Waals surface area contributed by atoms with E-state index < -0.39 is 0 Å². The Hall–Kier alpha value is -0.570. The van der Waals surface area contributed by atoms with Crippen molar-refractivity contribution in [3.05, 3.63) is 0 Å². The van der Waals surface area contributed by atoms with Gasteiger partial charge in [0.2, 0.25) is 0 Å². The highest BCUT2D eigenvalue weighted by molar-refractivity contribution is 5.69. The number of ether oxygens (including phenoxy) is 1. The van der Waals surface area contributed by atoms with Crippen molar-refractivity contribution in [1.82, 2.24) is 5.32 Å². The van der Waals surface area contributed by atoms with E-state index in [0.29, 0.717) is 13.0 Å². The predicted molar refractivity (Wildman–Crippen MR) is 83.8 cm³/mol. The van der Waals surface area contributed by atoms with Crippen LogP contribution in [0.15, 0.2) is 0 Å². The molecule has 0 aliphatic carbocycles. The maximum atomic E-state index is 11.1. The summed E-state index contributed by atoms with van der Waals surface area (Å²) in [6, 6.07) is 0. The Morgan fingerprint density at radius 3 is 2.25 bits per heavy atom. The van der Waals surface area contributed by atoms with Crippen LogP contribution in [0.4, 0.5) is 0 Å². The third-order valence-electron chi connectivity index (χ3n) is 4.26. The summed E-state index contributed by atoms with van der Waals surface area (Å²) in [5, 5.41) is 3.43. The quantitative estimate of drug-likeness (QED) is 0.459. The molecule has 0 spiro atoms. The first-order chi connectivity index (χ1) is 9.83. The number of carbonyl (C=O) groups is 1. The first-order valence-electron chi connectivity index (χ1n) is 8.69. The van der Waals surface area contributed by atoms with Gasteiger partial charge in [-0.1, -0.05) is 44.9 Å². The molecule has 1 saturated heterocycles. The summed E-state index contributed by atoms with van der Waals surface area (Å²) in [4.78, 5) is 11.1. The minimum Gasteiger partial charge on any atom is -0.466 e. The molecular weight excluding hydrogens is 250 g/mol. The Bertz CT molecular complexity index is 237. The number of rotatable bonds is 11. The fraction of sp³-hybridized carbons (Fsp3) is 0.941. The molecule has 1 aliphatic rings. The summed E-state index contributed by atoms with van der Waals surface area (Å²) < 4.78 is 4.92. The van der Waals surface area contributed by atoms with Crippen LogP contribution in [0.3, 0.4) is 0 Å². The number of unbranched alkanes of at least 4 members (excludes halogenated alkanes) is 6. The summed E-state index contributed by atoms with van der Waals surface area (Å²) in [5.41, 5.74) is 0. The maximum Gasteiger partial charge on any atom is 0.305 e. The molecule has 0 unspecified atom stereocenters. The number of esters is 1. The van der Waals surface area contributed by atoms with Crippen molar-refractivity contribution in [3.8, 4) is 0 Å². The average Bonchev–Trinajstić information content (AvgIpc) is 2.47. The van der Waals surface area contributed by atoms with Gasteiger partial charge in [-0.05, 0) is 45.2 Å². The first kappa shape index (κ1) is 17.5. The molecule has 0 amide bonds. The van der Waals surface area contributed by atoms with E-state index in [1.54, 1.807) is 0 Å². The Kier molecular flexibility index (Phi) is 10.7. The van der Waals surface area contributed by atoms with Crippen LogP contribution in [0.25, 0.3) is 0 Å². The largest absolute Gasteiger partial charge is 0.466 e. The van der Waals surface area contributed by atoms with E-state index in [1.807, 2.05) is 6.92 Å². The molecule has 3 heteroatoms. The number of nitrogens with one attached hydrogen (secondary N) is 1. The van der Waals surface area contributed by atoms with E-state index >= 15 is 0 Å². The highest BCUT2D eigenvalue weighted by atomic mass is 16.5. The molecule has 3 nitrogen and oxygen atoms in total. The smallest absolute Gasteiger partial charge is 0.305 e. The third kappa shape index (κ3) is 9.35. The van der Waals surface area contributed by atoms with E-state index in [9.17, 15) is 4.79 Å². The Morgan fingerprint density at radius 1 is 1.00 bits per heavy atom. The minimum atomic E-state index is -0.0329. The third-order valence-corrected chi connectivity index (χ3v) is 4.26. The van der Waals surface area contributed by atoms with Crippen molar-refractivity contribution < 1.29 is 9.53 Å². The van der Waals surface area contributed by atoms with Crippen LogP contribution < -0.4 is 5.32 Å². The zero-order chi connectivity index (χ0) is 14.5. The number of piperidine rings is 1. The maximum absolute atomic E-state index is 11.1. The lowest BCUT2D eigenvalue weighted by Gasteiger charge is -2.22. The molecule has 0 saturated carbocycles. The second-order valence-electron chi connectivity index (χ2n) is 6.01. The molecule has 118 valence electrons. The fourth-order valence-corrected chi connectivity index (χ4v) is 2.99. The van der Waals surface area contributed by atoms with Crippen LogP contribution in [0, 0.1) is 5.92 Å². The fourth-order valence-electron chi connectivity index (χ4n) is 2.99. The van der Waals surface area contributed by atoms with Crippen molar-refractivity contribution in [3.63, 3.8) is 0 Å². The van der Waals surface area contributed by atoms with Gasteiger partial charge in [0.15, 0.2) is 0 Å². The van der Waals surface area contributed by atoms with E-state index in [1.165, 1.54) is 70.9 Å². The van der Waals surface area contributed by atoms with Crippen molar-refractivity contribution >= 4 is 5.97 Å². The van der Waals surface area contributed by atoms with Crippen LogP contribution in [-0.2, 0) is 9.53 Å². The topological polar surface area (TPSA) is 38.3 Å². The van der Waals surface area contributed by atoms with Gasteiger partial charge in [0.05, 0.1) is 6.61 Å². The van der Waals surface area contributed by atoms with Crippen LogP contribution in [0.2, 0.25) is 0 Å². The van der Waals surface area contributed by atoms with Gasteiger partial charge in [-0.3, -0.25) is 4.79 Å². The normalized spacial score (nSPS) is 16.2. The summed E-state index contributed by atoms with van der Waals surface area (Å²) in [6.45, 7) is 4.83. The first-order valence-corrected chi connectivity index (χ1v) is 8.69. The molecule has 1 N–H and O–H groups in total. The van der Waals surface area contributed by atoms with Crippen molar-refractivity contribution in [2.45, 2.75) is 77.6 Å². The molecule has 0 radical (unpaired) electrons. The van der Waals surface area contributed by atoms with Gasteiger partial charge >= 0.3 is 5.97 Å². The lowest BCUT2D eigenvalue weighted by Crippen LogP contribution is -2.27. The summed E-state index contributed by atoms with van der Waals surface area (Å²) in [5.74, 6) is 0.954. The highest BCUT2D eigenvalue weighted by Crippen LogP contribution is 2.20. The molecule has 0 aromatic heterocycles. The molecule has 1 aliphatic heterocycles. The molecule has 0 bridgehead atoms. The molecule has 1 fully saturated rings. The van der Waals surface area contributed by atoms with E-state index in [0.717, 1.165) is 12.3 Å². The molecule has 0 atom stereocenters. The minimum absolute atomic E-state index is 0.0329. The zero-order valence-electron chi connectivity index (χ0n) is 13.3. The number of carbonyl (C=O) groups excluding carboxylic acids is 1. The van der Waals surface area contributed by atoms with E-state index in [2.05, 4.69) is 5.32 Å². The summed E-state index contributed by atoms with van der Waals surface area (Å²) in [7, 11) is 0. The average molecular weight is 283 g/mol. The molecule has 1 heterocycles. The standard InChI is InChI=1S/C17H33NO2/c1-2-20-17(19)11-9-7-5-3-4-6-8-10-16-12-14-18-15-13-16/h16,18H,2-15H2,1H3. The molecule has 1 rings (SSSR count). The molecule has 20 heavy (non-hydrogen) atoms. The van der Waals surface area contributed by atoms with E-state index in [4.69, 9.17) is 4.74 Å². The Balaban J connectivity index is 1.77. The summed E-state index contributed by atoms with van der Waals surface area (Å²) >= 11 is 0. The van der Waals surface area contributed by atoms with Crippen molar-refractivity contribution in [2.75, 3.05) is 19.7 Å². The second-order valence-corrected chi connectivity index (χ2v) is 6.01. The van der Waals surface area contributed by atoms with E-state index in [-0.39, 0.29) is 5.97 Å². The lowest BCUT2D eigenvalue weighted by atomic mass is 9.92. The lowest BCUT2D eigenvalue weighted by molar-refractivity contribution is -0.143. The second kappa shape index (κ2) is 12.2. The summed E-state index contributed by atoms with van der Waals surface area (Å²) in [6.07, 6.45) is 13.7. The zero-order valence-corrected chi connectivity index (χ0v) is 13.3. The van der Waals surface area contributed by atoms with Gasteiger partial charge in [-0.15, -0.1) is 0 Å². The molecule has 0 aromatic carbocycles. The molecular formula is C17H33NO2. The Morgan fingerprint density at radius 2 is 1.60 bits per heavy atom. The van der Waals surface area contributed by atoms with Gasteiger partial charge < -0.3 is 10.1 Å². The Labute approximate surface area is 124 Å². The molecule has 0 aromatic rings. The van der Waals surface area contributed by atoms with Crippen LogP contribution in [-0.4, -0.2) is 25.7 Å². The predicted octanol–water partition coefficient (Wildman–Crippen LogP) is 4.06. The van der Waals surface area contributed by atoms with Gasteiger partial charge in [-0.25, -0.2) is 0 Å². The van der Waals surface area contributed by atoms with Gasteiger partial charge in [0, 0.05) is 6.42 Å². The van der Waals surface area contributed by atoms with Gasteiger partial charge in [0.25, 0.3) is 0 Å². The van der Waals surface area contributed by atoms with Crippen molar-refractivity contribution in [2.24, 2.45) is 5.92 Å². The van der Waals surface area contributed by atoms with Crippen LogP contribution >= 0.6 is 0 Å². The SMILES string of the molecule is CCOC(=O)CCCCCCCCCC1CCNCC1. The monoisotopic (exact) mass is 283 g/mol. The highest BCUT2D eigenvalue weighted by Gasteiger charge is 2.11. The van der Waals surface area contributed by atoms with Crippen LogP contribution in [0.5, 0.6) is 0 Å².